The topological polar surface area (TPSA) is 156 Å². The summed E-state index contributed by atoms with van der Waals surface area (Å²) in [5, 5.41) is 5.16. The number of carbonyl (C=O) groups excluding carboxylic acids is 5. The number of benzene rings is 1. The van der Waals surface area contributed by atoms with Crippen molar-refractivity contribution in [1.82, 2.24) is 10.6 Å². The van der Waals surface area contributed by atoms with Gasteiger partial charge in [0.05, 0.1) is 5.41 Å². The first-order valence-electron chi connectivity index (χ1n) is 21.0. The van der Waals surface area contributed by atoms with Crippen molar-refractivity contribution in [2.45, 2.75) is 184 Å². The van der Waals surface area contributed by atoms with Crippen molar-refractivity contribution < 1.29 is 47.7 Å². The SMILES string of the molecule is CCCCCCC(C)(C)c1cc(OC(=O)[C@H](C)NC(=O)OC(C)(C)C)c([C@H]2C=C(COC(=O)C(C)(C)C)[C@H]3C[C@@H]2C3(C)C)c(OC(=O)[C@H](C)NC(=O)OC(C)(C)C)c1. The van der Waals surface area contributed by atoms with Crippen LogP contribution in [0.1, 0.15) is 166 Å². The second-order valence-corrected chi connectivity index (χ2v) is 20.5. The van der Waals surface area contributed by atoms with Crippen LogP contribution in [-0.2, 0) is 34.0 Å². The van der Waals surface area contributed by atoms with Crippen molar-refractivity contribution >= 4 is 30.1 Å². The number of alkyl carbamates (subject to hydrolysis) is 2. The van der Waals surface area contributed by atoms with Crippen LogP contribution in [0.25, 0.3) is 0 Å². The van der Waals surface area contributed by atoms with E-state index >= 15 is 0 Å². The lowest BCUT2D eigenvalue weighted by Crippen LogP contribution is -2.52. The molecule has 0 spiro atoms. The van der Waals surface area contributed by atoms with Crippen molar-refractivity contribution in [2.24, 2.45) is 22.7 Å². The van der Waals surface area contributed by atoms with Crippen LogP contribution in [-0.4, -0.2) is 60.0 Å². The van der Waals surface area contributed by atoms with Crippen LogP contribution >= 0.6 is 0 Å². The molecular weight excluding hydrogens is 741 g/mol. The zero-order valence-electron chi connectivity index (χ0n) is 38.2. The minimum atomic E-state index is -1.10. The lowest BCUT2D eigenvalue weighted by Gasteiger charge is -2.59. The van der Waals surface area contributed by atoms with Crippen LogP contribution in [0, 0.1) is 22.7 Å². The molecule has 0 aliphatic heterocycles. The monoisotopic (exact) mass is 813 g/mol. The Kier molecular flexibility index (Phi) is 15.4. The number of allylic oxidation sites excluding steroid dienone is 1. The summed E-state index contributed by atoms with van der Waals surface area (Å²) < 4.78 is 29.2. The summed E-state index contributed by atoms with van der Waals surface area (Å²) in [5.74, 6) is -1.68. The number of ether oxygens (including phenoxy) is 5. The first-order chi connectivity index (χ1) is 26.5. The summed E-state index contributed by atoms with van der Waals surface area (Å²) in [5.41, 5.74) is -0.768. The maximum Gasteiger partial charge on any atom is 0.408 e. The summed E-state index contributed by atoms with van der Waals surface area (Å²) in [7, 11) is 0. The molecule has 0 unspecified atom stereocenters. The van der Waals surface area contributed by atoms with Gasteiger partial charge in [0.2, 0.25) is 0 Å². The van der Waals surface area contributed by atoms with Gasteiger partial charge in [0, 0.05) is 11.5 Å². The molecule has 4 rings (SSSR count). The molecule has 0 aromatic heterocycles. The van der Waals surface area contributed by atoms with Gasteiger partial charge >= 0.3 is 30.1 Å². The van der Waals surface area contributed by atoms with E-state index in [0.29, 0.717) is 5.56 Å². The minimum Gasteiger partial charge on any atom is -0.461 e. The molecule has 5 atom stereocenters. The Morgan fingerprint density at radius 2 is 1.24 bits per heavy atom. The maximum atomic E-state index is 14.0. The Balaban J connectivity index is 2.24. The number of hydrogen-bond donors (Lipinski definition) is 2. The zero-order chi connectivity index (χ0) is 44.2. The molecule has 1 saturated carbocycles. The quantitative estimate of drug-likeness (QED) is 0.0575. The third-order valence-corrected chi connectivity index (χ3v) is 11.1. The average Bonchev–Trinajstić information content (AvgIpc) is 3.06. The van der Waals surface area contributed by atoms with E-state index in [0.717, 1.165) is 49.7 Å². The molecular formula is C46H72N2O10. The lowest BCUT2D eigenvalue weighted by molar-refractivity contribution is -0.153. The molecule has 0 heterocycles. The molecule has 1 aromatic rings. The van der Waals surface area contributed by atoms with E-state index < -0.39 is 64.2 Å². The van der Waals surface area contributed by atoms with Crippen molar-refractivity contribution in [3.05, 3.63) is 34.9 Å². The molecule has 3 aliphatic rings. The number of nitrogens with one attached hydrogen (secondary N) is 2. The maximum absolute atomic E-state index is 14.0. The molecule has 2 bridgehead atoms. The molecule has 2 amide bonds. The summed E-state index contributed by atoms with van der Waals surface area (Å²) in [6.07, 6.45) is 6.30. The number of carbonyl (C=O) groups is 5. The normalized spacial score (nSPS) is 20.0. The molecule has 1 fully saturated rings. The van der Waals surface area contributed by atoms with Crippen LogP contribution in [0.5, 0.6) is 11.5 Å². The second-order valence-electron chi connectivity index (χ2n) is 20.5. The van der Waals surface area contributed by atoms with E-state index in [9.17, 15) is 24.0 Å². The van der Waals surface area contributed by atoms with Crippen LogP contribution < -0.4 is 20.1 Å². The van der Waals surface area contributed by atoms with Gasteiger partial charge in [-0.3, -0.25) is 4.79 Å². The highest BCUT2D eigenvalue weighted by atomic mass is 16.6. The van der Waals surface area contributed by atoms with Gasteiger partial charge in [0.25, 0.3) is 0 Å². The van der Waals surface area contributed by atoms with Crippen LogP contribution in [0.4, 0.5) is 9.59 Å². The molecule has 1 aromatic carbocycles. The molecule has 58 heavy (non-hydrogen) atoms. The van der Waals surface area contributed by atoms with Crippen molar-refractivity contribution in [2.75, 3.05) is 6.61 Å². The number of rotatable bonds is 15. The highest BCUT2D eigenvalue weighted by molar-refractivity contribution is 5.85. The fraction of sp³-hybridized carbons (Fsp3) is 0.717. The van der Waals surface area contributed by atoms with E-state index in [1.54, 1.807) is 41.5 Å². The van der Waals surface area contributed by atoms with Gasteiger partial charge < -0.3 is 34.3 Å². The van der Waals surface area contributed by atoms with Gasteiger partial charge in [-0.2, -0.15) is 0 Å². The fourth-order valence-corrected chi connectivity index (χ4v) is 7.57. The predicted molar refractivity (Wildman–Crippen MR) is 224 cm³/mol. The van der Waals surface area contributed by atoms with Gasteiger partial charge in [-0.15, -0.1) is 0 Å². The number of hydrogen-bond acceptors (Lipinski definition) is 10. The van der Waals surface area contributed by atoms with E-state index in [2.05, 4.69) is 51.3 Å². The lowest BCUT2D eigenvalue weighted by atomic mass is 9.45. The standard InChI is InChI=1S/C46H72N2O10/c1-17-18-19-20-21-45(13,14)30-23-34(55-37(49)27(2)47-40(52)57-43(7,8)9)36(35(24-30)56-38(50)28(3)48-41(53)58-44(10,11)12)31-22-29(26-54-39(51)42(4,5)6)32-25-33(31)46(32,15)16/h22-24,27-28,31-33H,17-21,25-26H2,1-16H3,(H,47,52)(H,48,53)/t27-,28-,31-,32+,33-/m0/s1. The summed E-state index contributed by atoms with van der Waals surface area (Å²) >= 11 is 0. The molecule has 2 N–H and O–H groups in total. The molecule has 12 nitrogen and oxygen atoms in total. The average molecular weight is 813 g/mol. The van der Waals surface area contributed by atoms with Gasteiger partial charge in [-0.05, 0) is 135 Å². The second kappa shape index (κ2) is 18.4. The molecule has 12 heteroatoms. The molecule has 3 aliphatic carbocycles. The van der Waals surface area contributed by atoms with E-state index in [1.807, 2.05) is 32.9 Å². The summed E-state index contributed by atoms with van der Waals surface area (Å²) in [6.45, 7) is 29.6. The zero-order valence-corrected chi connectivity index (χ0v) is 38.2. The Hall–Kier alpha value is -4.09. The first kappa shape index (κ1) is 48.3. The first-order valence-corrected chi connectivity index (χ1v) is 21.0. The smallest absolute Gasteiger partial charge is 0.408 e. The molecule has 326 valence electrons. The number of amides is 2. The van der Waals surface area contributed by atoms with E-state index in [4.69, 9.17) is 23.7 Å². The van der Waals surface area contributed by atoms with Gasteiger partial charge in [-0.1, -0.05) is 66.4 Å². The van der Waals surface area contributed by atoms with E-state index in [1.165, 1.54) is 13.8 Å². The van der Waals surface area contributed by atoms with Crippen molar-refractivity contribution in [1.29, 1.82) is 0 Å². The predicted octanol–water partition coefficient (Wildman–Crippen LogP) is 9.85. The van der Waals surface area contributed by atoms with Gasteiger partial charge in [-0.25, -0.2) is 19.2 Å². The van der Waals surface area contributed by atoms with Crippen molar-refractivity contribution in [3.8, 4) is 11.5 Å². The minimum absolute atomic E-state index is 0.0389. The molecule has 0 saturated heterocycles. The van der Waals surface area contributed by atoms with Crippen LogP contribution in [0.3, 0.4) is 0 Å². The highest BCUT2D eigenvalue weighted by Gasteiger charge is 2.56. The Labute approximate surface area is 347 Å². The number of fused-ring (bicyclic) bond motifs is 1. The van der Waals surface area contributed by atoms with Crippen molar-refractivity contribution in [3.63, 3.8) is 0 Å². The third-order valence-electron chi connectivity index (χ3n) is 11.1. The Morgan fingerprint density at radius 3 is 1.66 bits per heavy atom. The molecule has 0 radical (unpaired) electrons. The van der Waals surface area contributed by atoms with Gasteiger partial charge in [0.15, 0.2) is 0 Å². The Bertz CT molecular complexity index is 1630. The van der Waals surface area contributed by atoms with E-state index in [-0.39, 0.29) is 41.3 Å². The van der Waals surface area contributed by atoms with Crippen LogP contribution in [0.15, 0.2) is 23.8 Å². The number of esters is 3. The summed E-state index contributed by atoms with van der Waals surface area (Å²) in [6, 6.07) is 1.49. The third kappa shape index (κ3) is 13.0. The largest absolute Gasteiger partial charge is 0.461 e. The Morgan fingerprint density at radius 1 is 0.759 bits per heavy atom. The van der Waals surface area contributed by atoms with Gasteiger partial charge in [0.1, 0.15) is 41.4 Å². The highest BCUT2D eigenvalue weighted by Crippen LogP contribution is 2.65. The summed E-state index contributed by atoms with van der Waals surface area (Å²) in [4.78, 5) is 66.2. The van der Waals surface area contributed by atoms with Crippen LogP contribution in [0.2, 0.25) is 0 Å². The fourth-order valence-electron chi connectivity index (χ4n) is 7.57. The number of unbranched alkanes of at least 4 members (excludes halogenated alkanes) is 3.